The molecule has 36 heavy (non-hydrogen) atoms. The number of nitrogens with zero attached hydrogens (tertiary/aromatic N) is 4. The number of anilines is 2. The maximum Gasteiger partial charge on any atom is 0.411 e. The van der Waals surface area contributed by atoms with E-state index >= 15 is 0 Å². The maximum atomic E-state index is 12.2. The zero-order valence-corrected chi connectivity index (χ0v) is 20.0. The Morgan fingerprint density at radius 3 is 2.72 bits per heavy atom. The number of nitriles is 1. The molecule has 9 heteroatoms. The number of aromatic nitrogens is 1. The van der Waals surface area contributed by atoms with Crippen molar-refractivity contribution >= 4 is 39.3 Å². The van der Waals surface area contributed by atoms with Crippen molar-refractivity contribution in [3.05, 3.63) is 70.2 Å². The molecule has 0 aliphatic carbocycles. The molecule has 4 aromatic rings. The van der Waals surface area contributed by atoms with Gasteiger partial charge in [0.1, 0.15) is 17.3 Å². The van der Waals surface area contributed by atoms with Gasteiger partial charge in [0.2, 0.25) is 0 Å². The number of carbonyl (C=O) groups is 1. The summed E-state index contributed by atoms with van der Waals surface area (Å²) in [7, 11) is 1.33. The van der Waals surface area contributed by atoms with Crippen molar-refractivity contribution in [3.63, 3.8) is 0 Å². The predicted octanol–water partition coefficient (Wildman–Crippen LogP) is 4.01. The Labute approximate surface area is 207 Å². The van der Waals surface area contributed by atoms with Crippen LogP contribution in [0.2, 0.25) is 0 Å². The van der Waals surface area contributed by atoms with E-state index in [0.717, 1.165) is 67.1 Å². The van der Waals surface area contributed by atoms with Gasteiger partial charge in [-0.25, -0.2) is 9.59 Å². The lowest BCUT2D eigenvalue weighted by Gasteiger charge is -2.36. The first-order valence-corrected chi connectivity index (χ1v) is 11.9. The predicted molar refractivity (Wildman–Crippen MR) is 139 cm³/mol. The van der Waals surface area contributed by atoms with Gasteiger partial charge in [0.25, 0.3) is 0 Å². The highest BCUT2D eigenvalue weighted by Crippen LogP contribution is 2.25. The number of H-pyrrole nitrogens is 1. The van der Waals surface area contributed by atoms with E-state index in [-0.39, 0.29) is 5.69 Å². The molecule has 0 bridgehead atoms. The summed E-state index contributed by atoms with van der Waals surface area (Å²) in [5, 5.41) is 20.2. The summed E-state index contributed by atoms with van der Waals surface area (Å²) in [4.78, 5) is 32.2. The highest BCUT2D eigenvalue weighted by Gasteiger charge is 2.19. The number of fused-ring (bicyclic) bond motifs is 2. The number of hydrogen-bond acceptors (Lipinski definition) is 6. The minimum absolute atomic E-state index is 0.00327. The lowest BCUT2D eigenvalue weighted by atomic mass is 10.1. The number of piperazine rings is 1. The van der Waals surface area contributed by atoms with Crippen LogP contribution < -0.4 is 15.4 Å². The minimum atomic E-state index is -1.22. The van der Waals surface area contributed by atoms with E-state index in [1.165, 1.54) is 12.6 Å². The third-order valence-corrected chi connectivity index (χ3v) is 6.89. The number of amides is 1. The third kappa shape index (κ3) is 4.63. The topological polar surface area (TPSA) is 117 Å². The smallest absolute Gasteiger partial charge is 0.411 e. The van der Waals surface area contributed by atoms with Crippen LogP contribution in [-0.4, -0.2) is 60.9 Å². The Bertz CT molecular complexity index is 1520. The fraction of sp³-hybridized carbons (Fsp3) is 0.296. The SMILES string of the molecule is CN(C(=O)O)c1cc2cc(N3CCN(CCCc4ccc5[nH]cc(C#N)c5c4)CC3)ccc2oc1=O. The van der Waals surface area contributed by atoms with Crippen LogP contribution >= 0.6 is 0 Å². The molecule has 1 aliphatic rings. The highest BCUT2D eigenvalue weighted by atomic mass is 16.4. The second kappa shape index (κ2) is 9.76. The summed E-state index contributed by atoms with van der Waals surface area (Å²) in [6.45, 7) is 4.67. The van der Waals surface area contributed by atoms with E-state index < -0.39 is 11.7 Å². The van der Waals surface area contributed by atoms with Gasteiger partial charge in [0.05, 0.1) is 5.56 Å². The molecule has 1 amide bonds. The summed E-state index contributed by atoms with van der Waals surface area (Å²) in [5.41, 5.74) is 3.70. The molecule has 0 spiro atoms. The van der Waals surface area contributed by atoms with Crippen LogP contribution in [0, 0.1) is 11.3 Å². The van der Waals surface area contributed by atoms with Crippen molar-refractivity contribution in [1.29, 1.82) is 5.26 Å². The van der Waals surface area contributed by atoms with E-state index in [0.29, 0.717) is 16.5 Å². The lowest BCUT2D eigenvalue weighted by molar-refractivity contribution is 0.203. The van der Waals surface area contributed by atoms with Gasteiger partial charge >= 0.3 is 11.7 Å². The second-order valence-corrected chi connectivity index (χ2v) is 9.11. The van der Waals surface area contributed by atoms with Gasteiger partial charge in [-0.05, 0) is 61.3 Å². The average Bonchev–Trinajstić information content (AvgIpc) is 3.30. The van der Waals surface area contributed by atoms with Crippen LogP contribution in [0.1, 0.15) is 17.5 Å². The van der Waals surface area contributed by atoms with Crippen molar-refractivity contribution in [2.75, 3.05) is 49.6 Å². The molecule has 1 saturated heterocycles. The van der Waals surface area contributed by atoms with Crippen molar-refractivity contribution in [2.24, 2.45) is 0 Å². The lowest BCUT2D eigenvalue weighted by Crippen LogP contribution is -2.46. The van der Waals surface area contributed by atoms with Crippen molar-refractivity contribution in [3.8, 4) is 6.07 Å². The summed E-state index contributed by atoms with van der Waals surface area (Å²) in [6.07, 6.45) is 2.56. The first-order valence-electron chi connectivity index (χ1n) is 11.9. The van der Waals surface area contributed by atoms with Crippen molar-refractivity contribution < 1.29 is 14.3 Å². The molecule has 9 nitrogen and oxygen atoms in total. The van der Waals surface area contributed by atoms with Crippen LogP contribution in [-0.2, 0) is 6.42 Å². The molecule has 0 unspecified atom stereocenters. The molecule has 3 heterocycles. The average molecular weight is 486 g/mol. The van der Waals surface area contributed by atoms with Crippen LogP contribution in [0.5, 0.6) is 0 Å². The van der Waals surface area contributed by atoms with E-state index in [9.17, 15) is 20.0 Å². The monoisotopic (exact) mass is 485 g/mol. The Hall–Kier alpha value is -4.29. The molecule has 2 aromatic heterocycles. The van der Waals surface area contributed by atoms with Gasteiger partial charge in [0.15, 0.2) is 0 Å². The van der Waals surface area contributed by atoms with Crippen LogP contribution in [0.25, 0.3) is 21.9 Å². The molecule has 0 radical (unpaired) electrons. The van der Waals surface area contributed by atoms with Gasteiger partial charge < -0.3 is 19.4 Å². The summed E-state index contributed by atoms with van der Waals surface area (Å²) < 4.78 is 5.33. The molecule has 2 N–H and O–H groups in total. The molecule has 0 saturated carbocycles. The molecule has 0 atom stereocenters. The van der Waals surface area contributed by atoms with Crippen LogP contribution in [0.3, 0.4) is 0 Å². The number of rotatable bonds is 6. The molecule has 1 aliphatic heterocycles. The number of aromatic amines is 1. The van der Waals surface area contributed by atoms with Gasteiger partial charge in [-0.2, -0.15) is 5.26 Å². The van der Waals surface area contributed by atoms with E-state index in [4.69, 9.17) is 4.42 Å². The summed E-state index contributed by atoms with van der Waals surface area (Å²) in [5.74, 6) is 0. The number of carboxylic acid groups (broad SMARTS) is 1. The Morgan fingerprint density at radius 1 is 1.17 bits per heavy atom. The van der Waals surface area contributed by atoms with Crippen LogP contribution in [0.15, 0.2) is 57.9 Å². The zero-order valence-electron chi connectivity index (χ0n) is 20.0. The molecule has 5 rings (SSSR count). The fourth-order valence-corrected chi connectivity index (χ4v) is 4.79. The van der Waals surface area contributed by atoms with Crippen LogP contribution in [0.4, 0.5) is 16.2 Å². The first-order chi connectivity index (χ1) is 17.4. The van der Waals surface area contributed by atoms with Gasteiger partial charge in [-0.15, -0.1) is 0 Å². The zero-order chi connectivity index (χ0) is 25.2. The van der Waals surface area contributed by atoms with E-state index in [2.05, 4.69) is 33.0 Å². The highest BCUT2D eigenvalue weighted by molar-refractivity contribution is 5.90. The minimum Gasteiger partial charge on any atom is -0.465 e. The standard InChI is InChI=1S/C27H27N5O4/c1-30(27(34)35)24-15-19-14-21(5-7-25(19)36-26(24)33)32-11-9-31(10-12-32)8-2-3-18-4-6-23-22(13-18)20(16-28)17-29-23/h4-7,13-15,17,29H,2-3,8-12H2,1H3,(H,34,35). The maximum absolute atomic E-state index is 12.2. The number of hydrogen-bond donors (Lipinski definition) is 2. The summed E-state index contributed by atoms with van der Waals surface area (Å²) in [6, 6.07) is 15.7. The normalized spacial score (nSPS) is 14.3. The van der Waals surface area contributed by atoms with E-state index in [1.807, 2.05) is 18.2 Å². The number of aryl methyl sites for hydroxylation is 1. The number of benzene rings is 2. The first kappa shape index (κ1) is 23.5. The van der Waals surface area contributed by atoms with Gasteiger partial charge in [0, 0.05) is 61.4 Å². The van der Waals surface area contributed by atoms with Crippen molar-refractivity contribution in [1.82, 2.24) is 9.88 Å². The Kier molecular flexibility index (Phi) is 6.36. The summed E-state index contributed by atoms with van der Waals surface area (Å²) >= 11 is 0. The van der Waals surface area contributed by atoms with Gasteiger partial charge in [-0.3, -0.25) is 9.80 Å². The largest absolute Gasteiger partial charge is 0.465 e. The quantitative estimate of drug-likeness (QED) is 0.396. The third-order valence-electron chi connectivity index (χ3n) is 6.89. The molecular formula is C27H27N5O4. The van der Waals surface area contributed by atoms with Crippen molar-refractivity contribution in [2.45, 2.75) is 12.8 Å². The Morgan fingerprint density at radius 2 is 1.97 bits per heavy atom. The fourth-order valence-electron chi connectivity index (χ4n) is 4.79. The number of nitrogens with one attached hydrogen (secondary N) is 1. The van der Waals surface area contributed by atoms with E-state index in [1.54, 1.807) is 18.3 Å². The second-order valence-electron chi connectivity index (χ2n) is 9.11. The van der Waals surface area contributed by atoms with Gasteiger partial charge in [-0.1, -0.05) is 6.07 Å². The molecule has 1 fully saturated rings. The molecule has 2 aromatic carbocycles. The molecular weight excluding hydrogens is 458 g/mol. The molecule has 184 valence electrons. The Balaban J connectivity index is 1.18.